The number of furan rings is 1. The van der Waals surface area contributed by atoms with E-state index in [9.17, 15) is 0 Å². The Morgan fingerprint density at radius 1 is 0.397 bits per heavy atom. The molecule has 2 heterocycles. The van der Waals surface area contributed by atoms with Crippen molar-refractivity contribution in [2.75, 3.05) is 4.90 Å². The molecule has 11 aromatic rings. The molecule has 9 aromatic carbocycles. The van der Waals surface area contributed by atoms with E-state index in [1.54, 1.807) is 0 Å². The number of thiophene rings is 1. The maximum Gasteiger partial charge on any atom is 0.136 e. The van der Waals surface area contributed by atoms with E-state index in [0.29, 0.717) is 0 Å². The van der Waals surface area contributed by atoms with E-state index in [1.807, 2.05) is 23.5 Å². The second-order valence-electron chi connectivity index (χ2n) is 19.0. The lowest BCUT2D eigenvalue weighted by atomic mass is 9.78. The highest BCUT2D eigenvalue weighted by atomic mass is 32.1. The first-order chi connectivity index (χ1) is 30.5. The second-order valence-corrected chi connectivity index (χ2v) is 20.1. The van der Waals surface area contributed by atoms with Gasteiger partial charge in [0.15, 0.2) is 0 Å². The first-order valence-electron chi connectivity index (χ1n) is 22.0. The summed E-state index contributed by atoms with van der Waals surface area (Å²) in [5.74, 6) is 0. The van der Waals surface area contributed by atoms with Crippen molar-refractivity contribution in [2.45, 2.75) is 52.4 Å². The fourth-order valence-electron chi connectivity index (χ4n) is 9.43. The van der Waals surface area contributed by atoms with Gasteiger partial charge in [0.2, 0.25) is 0 Å². The molecule has 0 saturated carbocycles. The van der Waals surface area contributed by atoms with Crippen LogP contribution in [0.4, 0.5) is 17.1 Å². The van der Waals surface area contributed by atoms with Crippen molar-refractivity contribution < 1.29 is 4.42 Å². The Balaban J connectivity index is 1.16. The summed E-state index contributed by atoms with van der Waals surface area (Å²) in [6.45, 7) is 13.9. The zero-order chi connectivity index (χ0) is 43.0. The first kappa shape index (κ1) is 38.9. The van der Waals surface area contributed by atoms with Crippen LogP contribution in [0.5, 0.6) is 0 Å². The molecule has 11 rings (SSSR count). The van der Waals surface area contributed by atoms with Crippen LogP contribution >= 0.6 is 11.3 Å². The van der Waals surface area contributed by atoms with Gasteiger partial charge in [0.1, 0.15) is 11.2 Å². The summed E-state index contributed by atoms with van der Waals surface area (Å²) in [7, 11) is 0. The van der Waals surface area contributed by atoms with Crippen molar-refractivity contribution in [3.05, 3.63) is 199 Å². The molecule has 0 aliphatic rings. The van der Waals surface area contributed by atoms with Crippen molar-refractivity contribution >= 4 is 81.3 Å². The molecular formula is C60H49NOS. The van der Waals surface area contributed by atoms with Gasteiger partial charge in [0, 0.05) is 42.2 Å². The number of hydrogen-bond acceptors (Lipinski definition) is 3. The minimum atomic E-state index is -0.00424. The van der Waals surface area contributed by atoms with Gasteiger partial charge in [-0.3, -0.25) is 0 Å². The topological polar surface area (TPSA) is 16.4 Å². The van der Waals surface area contributed by atoms with Crippen LogP contribution < -0.4 is 4.90 Å². The lowest BCUT2D eigenvalue weighted by Gasteiger charge is -2.30. The summed E-state index contributed by atoms with van der Waals surface area (Å²) in [6, 6.07) is 69.4. The van der Waals surface area contributed by atoms with Crippen LogP contribution in [-0.2, 0) is 10.8 Å². The largest absolute Gasteiger partial charge is 0.456 e. The van der Waals surface area contributed by atoms with Gasteiger partial charge in [-0.1, -0.05) is 175 Å². The average Bonchev–Trinajstić information content (AvgIpc) is 3.87. The fraction of sp³-hybridized carbons (Fsp3) is 0.133. The van der Waals surface area contributed by atoms with Crippen molar-refractivity contribution in [1.29, 1.82) is 0 Å². The first-order valence-corrected chi connectivity index (χ1v) is 22.8. The molecule has 0 radical (unpaired) electrons. The monoisotopic (exact) mass is 831 g/mol. The van der Waals surface area contributed by atoms with Crippen molar-refractivity contribution in [2.24, 2.45) is 0 Å². The molecule has 0 atom stereocenters. The summed E-state index contributed by atoms with van der Waals surface area (Å²) in [5.41, 5.74) is 15.0. The van der Waals surface area contributed by atoms with Gasteiger partial charge in [-0.05, 0) is 115 Å². The van der Waals surface area contributed by atoms with Crippen LogP contribution in [-0.4, -0.2) is 0 Å². The molecule has 2 nitrogen and oxygen atoms in total. The second kappa shape index (κ2) is 14.9. The molecule has 0 N–H and O–H groups in total. The number of nitrogens with zero attached hydrogens (tertiary/aromatic N) is 1. The van der Waals surface area contributed by atoms with Crippen LogP contribution in [0.3, 0.4) is 0 Å². The van der Waals surface area contributed by atoms with Gasteiger partial charge in [-0.2, -0.15) is 0 Å². The van der Waals surface area contributed by atoms with E-state index in [1.165, 1.54) is 64.3 Å². The van der Waals surface area contributed by atoms with Crippen LogP contribution in [0.1, 0.15) is 52.7 Å². The van der Waals surface area contributed by atoms with Gasteiger partial charge in [-0.15, -0.1) is 11.3 Å². The predicted molar refractivity (Wildman–Crippen MR) is 273 cm³/mol. The highest BCUT2D eigenvalue weighted by Crippen LogP contribution is 2.49. The zero-order valence-corrected chi connectivity index (χ0v) is 37.5. The molecule has 0 amide bonds. The van der Waals surface area contributed by atoms with Crippen LogP contribution in [0.2, 0.25) is 0 Å². The number of hydrogen-bond donors (Lipinski definition) is 0. The lowest BCUT2D eigenvalue weighted by molar-refractivity contribution is 0.569. The molecule has 2 aromatic heterocycles. The minimum Gasteiger partial charge on any atom is -0.456 e. The van der Waals surface area contributed by atoms with Crippen molar-refractivity contribution in [1.82, 2.24) is 0 Å². The number of anilines is 3. The van der Waals surface area contributed by atoms with Gasteiger partial charge in [0.05, 0.1) is 11.4 Å². The van der Waals surface area contributed by atoms with Gasteiger partial charge in [0.25, 0.3) is 0 Å². The number of rotatable bonds is 6. The Bertz CT molecular complexity index is 3520. The molecule has 0 aliphatic heterocycles. The third-order valence-electron chi connectivity index (χ3n) is 12.8. The minimum absolute atomic E-state index is 0.00424. The number of benzene rings is 9. The molecule has 0 fully saturated rings. The summed E-state index contributed by atoms with van der Waals surface area (Å²) < 4.78 is 8.94. The van der Waals surface area contributed by atoms with Gasteiger partial charge in [-0.25, -0.2) is 0 Å². The molecule has 0 saturated heterocycles. The molecule has 3 heteroatoms. The molecule has 306 valence electrons. The fourth-order valence-corrected chi connectivity index (χ4v) is 10.6. The van der Waals surface area contributed by atoms with E-state index in [0.717, 1.165) is 50.1 Å². The lowest BCUT2D eigenvalue weighted by Crippen LogP contribution is -2.16. The van der Waals surface area contributed by atoms with E-state index in [4.69, 9.17) is 4.42 Å². The highest BCUT2D eigenvalue weighted by Gasteiger charge is 2.25. The van der Waals surface area contributed by atoms with E-state index in [-0.39, 0.29) is 10.8 Å². The van der Waals surface area contributed by atoms with Gasteiger partial charge < -0.3 is 9.32 Å². The summed E-state index contributed by atoms with van der Waals surface area (Å²) in [6.07, 6.45) is 0. The summed E-state index contributed by atoms with van der Waals surface area (Å²) >= 11 is 1.86. The average molecular weight is 832 g/mol. The Hall–Kier alpha value is -6.94. The number of fused-ring (bicyclic) bond motifs is 7. The molecule has 0 spiro atoms. The summed E-state index contributed by atoms with van der Waals surface area (Å²) in [4.78, 5) is 2.50. The van der Waals surface area contributed by atoms with Crippen LogP contribution in [0, 0.1) is 0 Å². The van der Waals surface area contributed by atoms with Crippen LogP contribution in [0.15, 0.2) is 192 Å². The highest BCUT2D eigenvalue weighted by molar-refractivity contribution is 7.26. The molecular weight excluding hydrogens is 783 g/mol. The Labute approximate surface area is 373 Å². The van der Waals surface area contributed by atoms with Crippen LogP contribution in [0.25, 0.3) is 86.3 Å². The Kier molecular flexibility index (Phi) is 9.19. The van der Waals surface area contributed by atoms with E-state index in [2.05, 4.69) is 222 Å². The number of para-hydroxylation sites is 2. The van der Waals surface area contributed by atoms with Crippen molar-refractivity contribution in [3.8, 4) is 33.4 Å². The maximum absolute atomic E-state index is 6.39. The normalized spacial score (nSPS) is 12.3. The molecule has 63 heavy (non-hydrogen) atoms. The Morgan fingerprint density at radius 2 is 1.00 bits per heavy atom. The SMILES string of the molecule is CC(C)(C)c1cc(-c2cccc3cccc(-c4ccccc4N(c4cccc(-c5ccc6c(c5)oc5ccccc56)c4)c4cccc5sc6ccccc6c45)c23)cc(C(C)(C)C)c1. The standard InChI is InChI=1S/C60H49NOS/c1-59(2,3)42-33-41(34-43(37-42)60(4,5)6)45-24-14-17-38-18-15-25-49(57(38)45)46-21-7-10-26-51(46)61(52-27-16-30-56-58(52)50-23-9-12-29-55(50)63-56)44-20-13-19-39(35-44)40-31-32-48-47-22-8-11-28-53(47)62-54(48)36-40/h7-37H,1-6H3. The van der Waals surface area contributed by atoms with E-state index < -0.39 is 0 Å². The summed E-state index contributed by atoms with van der Waals surface area (Å²) in [5, 5.41) is 7.27. The quantitative estimate of drug-likeness (QED) is 0.166. The van der Waals surface area contributed by atoms with E-state index >= 15 is 0 Å². The van der Waals surface area contributed by atoms with Gasteiger partial charge >= 0.3 is 0 Å². The molecule has 0 aliphatic carbocycles. The third kappa shape index (κ3) is 6.79. The zero-order valence-electron chi connectivity index (χ0n) is 36.7. The van der Waals surface area contributed by atoms with Crippen molar-refractivity contribution in [3.63, 3.8) is 0 Å². The molecule has 0 bridgehead atoms. The molecule has 0 unspecified atom stereocenters. The third-order valence-corrected chi connectivity index (χ3v) is 13.9. The smallest absolute Gasteiger partial charge is 0.136 e. The Morgan fingerprint density at radius 3 is 1.79 bits per heavy atom. The maximum atomic E-state index is 6.39. The predicted octanol–water partition coefficient (Wildman–Crippen LogP) is 18.2.